The Morgan fingerprint density at radius 1 is 0.848 bits per heavy atom. The molecule has 3 atom stereocenters. The summed E-state index contributed by atoms with van der Waals surface area (Å²) in [6, 6.07) is 22.6. The average molecular weight is 446 g/mol. The zero-order valence-corrected chi connectivity index (χ0v) is 18.3. The van der Waals surface area contributed by atoms with Crippen molar-refractivity contribution in [3.05, 3.63) is 107 Å². The van der Waals surface area contributed by atoms with Crippen molar-refractivity contribution in [2.75, 3.05) is 0 Å². The van der Waals surface area contributed by atoms with Crippen molar-refractivity contribution in [3.8, 4) is 0 Å². The van der Waals surface area contributed by atoms with Crippen molar-refractivity contribution in [2.45, 2.75) is 31.5 Å². The minimum absolute atomic E-state index is 0.187. The van der Waals surface area contributed by atoms with Gasteiger partial charge in [0.2, 0.25) is 5.91 Å². The lowest BCUT2D eigenvalue weighted by atomic mass is 9.98. The molecule has 0 saturated carbocycles. The molecule has 7 nitrogen and oxygen atoms in total. The molecule has 0 aliphatic rings. The van der Waals surface area contributed by atoms with E-state index < -0.39 is 35.9 Å². The Kier molecular flexibility index (Phi) is 7.94. The van der Waals surface area contributed by atoms with E-state index in [2.05, 4.69) is 10.6 Å². The molecule has 5 N–H and O–H groups in total. The molecule has 0 bridgehead atoms. The van der Waals surface area contributed by atoms with Crippen LogP contribution >= 0.6 is 0 Å². The van der Waals surface area contributed by atoms with Gasteiger partial charge in [0, 0.05) is 12.0 Å². The second-order valence-electron chi connectivity index (χ2n) is 7.77. The van der Waals surface area contributed by atoms with Gasteiger partial charge in [-0.3, -0.25) is 14.4 Å². The zero-order valence-electron chi connectivity index (χ0n) is 18.3. The number of aliphatic hydroxyl groups is 1. The Hall–Kier alpha value is -3.97. The Labute approximate surface area is 192 Å². The number of rotatable bonds is 9. The fourth-order valence-electron chi connectivity index (χ4n) is 3.51. The van der Waals surface area contributed by atoms with Gasteiger partial charge in [-0.1, -0.05) is 72.8 Å². The van der Waals surface area contributed by atoms with Gasteiger partial charge in [0.25, 0.3) is 11.8 Å². The van der Waals surface area contributed by atoms with Gasteiger partial charge in [-0.15, -0.1) is 0 Å². The SMILES string of the molecule is Cc1ccccc1C[C@@H](NC(=O)[C@H](O)[C@@H](NC(=O)c1ccccc1)c1ccccc1)C(N)=O. The number of aryl methyl sites for hydroxylation is 1. The number of aliphatic hydroxyl groups excluding tert-OH is 1. The number of nitrogens with two attached hydrogens (primary N) is 1. The molecule has 3 rings (SSSR count). The molecular weight excluding hydrogens is 418 g/mol. The summed E-state index contributed by atoms with van der Waals surface area (Å²) in [4.78, 5) is 37.7. The summed E-state index contributed by atoms with van der Waals surface area (Å²) in [5, 5.41) is 16.2. The van der Waals surface area contributed by atoms with Crippen LogP contribution in [0.4, 0.5) is 0 Å². The molecule has 0 unspecified atom stereocenters. The number of carbonyl (C=O) groups is 3. The molecule has 3 aromatic rings. The first-order valence-electron chi connectivity index (χ1n) is 10.6. The molecule has 0 aromatic heterocycles. The largest absolute Gasteiger partial charge is 0.381 e. The van der Waals surface area contributed by atoms with Crippen molar-refractivity contribution < 1.29 is 19.5 Å². The monoisotopic (exact) mass is 445 g/mol. The summed E-state index contributed by atoms with van der Waals surface area (Å²) in [6.45, 7) is 1.90. The molecule has 170 valence electrons. The summed E-state index contributed by atoms with van der Waals surface area (Å²) in [5.41, 5.74) is 8.26. The van der Waals surface area contributed by atoms with Crippen LogP contribution < -0.4 is 16.4 Å². The Balaban J connectivity index is 1.79. The van der Waals surface area contributed by atoms with E-state index in [4.69, 9.17) is 5.73 Å². The van der Waals surface area contributed by atoms with Crippen LogP contribution in [0.2, 0.25) is 0 Å². The number of nitrogens with one attached hydrogen (secondary N) is 2. The third-order valence-electron chi connectivity index (χ3n) is 5.41. The summed E-state index contributed by atoms with van der Waals surface area (Å²) in [7, 11) is 0. The molecule has 0 spiro atoms. The van der Waals surface area contributed by atoms with Gasteiger partial charge < -0.3 is 21.5 Å². The van der Waals surface area contributed by atoms with Gasteiger partial charge in [-0.2, -0.15) is 0 Å². The fraction of sp³-hybridized carbons (Fsp3) is 0.192. The molecule has 7 heteroatoms. The average Bonchev–Trinajstić information content (AvgIpc) is 2.83. The maximum Gasteiger partial charge on any atom is 0.252 e. The molecule has 0 saturated heterocycles. The van der Waals surface area contributed by atoms with Crippen molar-refractivity contribution in [2.24, 2.45) is 5.73 Å². The first-order chi connectivity index (χ1) is 15.9. The quantitative estimate of drug-likeness (QED) is 0.403. The maximum atomic E-state index is 12.9. The topological polar surface area (TPSA) is 122 Å². The van der Waals surface area contributed by atoms with Crippen LogP contribution in [-0.4, -0.2) is 35.0 Å². The van der Waals surface area contributed by atoms with E-state index in [1.807, 2.05) is 31.2 Å². The Morgan fingerprint density at radius 2 is 1.42 bits per heavy atom. The van der Waals surface area contributed by atoms with Crippen molar-refractivity contribution >= 4 is 17.7 Å². The fourth-order valence-corrected chi connectivity index (χ4v) is 3.51. The van der Waals surface area contributed by atoms with Gasteiger partial charge in [-0.25, -0.2) is 0 Å². The molecular formula is C26H27N3O4. The van der Waals surface area contributed by atoms with Crippen LogP contribution in [0, 0.1) is 6.92 Å². The summed E-state index contributed by atoms with van der Waals surface area (Å²) in [6.07, 6.45) is -1.47. The van der Waals surface area contributed by atoms with Crippen LogP contribution in [0.1, 0.15) is 33.1 Å². The minimum atomic E-state index is -1.65. The van der Waals surface area contributed by atoms with Gasteiger partial charge in [0.05, 0.1) is 6.04 Å². The predicted octanol–water partition coefficient (Wildman–Crippen LogP) is 2.04. The molecule has 3 amide bonds. The number of benzene rings is 3. The van der Waals surface area contributed by atoms with Gasteiger partial charge in [-0.05, 0) is 35.7 Å². The number of carbonyl (C=O) groups excluding carboxylic acids is 3. The molecule has 3 aromatic carbocycles. The van der Waals surface area contributed by atoms with Crippen molar-refractivity contribution in [1.29, 1.82) is 0 Å². The van der Waals surface area contributed by atoms with Crippen LogP contribution in [0.25, 0.3) is 0 Å². The number of amides is 3. The standard InChI is InChI=1S/C26H27N3O4/c1-17-10-8-9-15-20(17)16-21(24(27)31)28-26(33)23(30)22(18-11-4-2-5-12-18)29-25(32)19-13-6-3-7-14-19/h2-15,21-23,30H,16H2,1H3,(H2,27,31)(H,28,33)(H,29,32)/t21-,22+,23-/m1/s1. The van der Waals surface area contributed by atoms with E-state index in [1.54, 1.807) is 60.7 Å². The normalized spacial score (nSPS) is 13.4. The summed E-state index contributed by atoms with van der Waals surface area (Å²) < 4.78 is 0. The van der Waals surface area contributed by atoms with Gasteiger partial charge in [0.15, 0.2) is 6.10 Å². The summed E-state index contributed by atoms with van der Waals surface area (Å²) in [5.74, 6) is -1.97. The zero-order chi connectivity index (χ0) is 23.8. The second kappa shape index (κ2) is 11.1. The van der Waals surface area contributed by atoms with Crippen LogP contribution in [0.5, 0.6) is 0 Å². The lowest BCUT2D eigenvalue weighted by Gasteiger charge is -2.26. The highest BCUT2D eigenvalue weighted by Gasteiger charge is 2.31. The van der Waals surface area contributed by atoms with Crippen molar-refractivity contribution in [3.63, 3.8) is 0 Å². The first kappa shape index (κ1) is 23.7. The third kappa shape index (κ3) is 6.27. The Morgan fingerprint density at radius 3 is 2.03 bits per heavy atom. The summed E-state index contributed by atoms with van der Waals surface area (Å²) >= 11 is 0. The van der Waals surface area contributed by atoms with E-state index in [0.29, 0.717) is 11.1 Å². The van der Waals surface area contributed by atoms with Gasteiger partial charge in [0.1, 0.15) is 6.04 Å². The van der Waals surface area contributed by atoms with Crippen LogP contribution in [0.15, 0.2) is 84.9 Å². The van der Waals surface area contributed by atoms with Gasteiger partial charge >= 0.3 is 0 Å². The lowest BCUT2D eigenvalue weighted by Crippen LogP contribution is -2.52. The van der Waals surface area contributed by atoms with Crippen LogP contribution in [0.3, 0.4) is 0 Å². The van der Waals surface area contributed by atoms with Crippen molar-refractivity contribution in [1.82, 2.24) is 10.6 Å². The molecule has 33 heavy (non-hydrogen) atoms. The third-order valence-corrected chi connectivity index (χ3v) is 5.41. The number of primary amides is 1. The Bertz CT molecular complexity index is 1100. The molecule has 0 fully saturated rings. The molecule has 0 heterocycles. The smallest absolute Gasteiger partial charge is 0.252 e. The predicted molar refractivity (Wildman–Crippen MR) is 125 cm³/mol. The van der Waals surface area contributed by atoms with E-state index >= 15 is 0 Å². The van der Waals surface area contributed by atoms with E-state index in [9.17, 15) is 19.5 Å². The highest BCUT2D eigenvalue weighted by molar-refractivity contribution is 5.95. The highest BCUT2D eigenvalue weighted by Crippen LogP contribution is 2.19. The number of hydrogen-bond acceptors (Lipinski definition) is 4. The van der Waals surface area contributed by atoms with E-state index in [-0.39, 0.29) is 6.42 Å². The highest BCUT2D eigenvalue weighted by atomic mass is 16.3. The lowest BCUT2D eigenvalue weighted by molar-refractivity contribution is -0.134. The number of hydrogen-bond donors (Lipinski definition) is 4. The molecule has 0 aliphatic carbocycles. The molecule has 0 aliphatic heterocycles. The first-order valence-corrected chi connectivity index (χ1v) is 10.6. The maximum absolute atomic E-state index is 12.9. The van der Waals surface area contributed by atoms with E-state index in [0.717, 1.165) is 11.1 Å². The van der Waals surface area contributed by atoms with E-state index in [1.165, 1.54) is 0 Å². The second-order valence-corrected chi connectivity index (χ2v) is 7.77. The molecule has 0 radical (unpaired) electrons. The van der Waals surface area contributed by atoms with Crippen LogP contribution in [-0.2, 0) is 16.0 Å². The minimum Gasteiger partial charge on any atom is -0.381 e.